The van der Waals surface area contributed by atoms with Crippen molar-refractivity contribution >= 4 is 17.8 Å². The second kappa shape index (κ2) is 4.16. The predicted molar refractivity (Wildman–Crippen MR) is 44.4 cm³/mol. The Hall–Kier alpha value is -1.51. The summed E-state index contributed by atoms with van der Waals surface area (Å²) in [6, 6.07) is -0.497. The number of ether oxygens (including phenoxy) is 1. The molecule has 8 heteroatoms. The fourth-order valence-corrected chi connectivity index (χ4v) is 1.62. The molecule has 2 atom stereocenters. The third kappa shape index (κ3) is 1.90. The van der Waals surface area contributed by atoms with Gasteiger partial charge in [-0.25, -0.2) is 14.6 Å². The largest absolute Gasteiger partial charge is 0.474 e. The van der Waals surface area contributed by atoms with Gasteiger partial charge in [0.05, 0.1) is 6.04 Å². The summed E-state index contributed by atoms with van der Waals surface area (Å²) < 4.78 is 4.94. The summed E-state index contributed by atoms with van der Waals surface area (Å²) >= 11 is 0. The fraction of sp³-hybridized carbons (Fsp3) is 0.625. The minimum Gasteiger partial charge on any atom is -0.474 e. The lowest BCUT2D eigenvalue weighted by Gasteiger charge is -2.37. The van der Waals surface area contributed by atoms with Crippen molar-refractivity contribution in [3.8, 4) is 0 Å². The molecule has 2 heterocycles. The smallest absolute Gasteiger partial charge is 0.395 e. The van der Waals surface area contributed by atoms with E-state index in [2.05, 4.69) is 9.78 Å². The summed E-state index contributed by atoms with van der Waals surface area (Å²) in [7, 11) is 0. The third-order valence-electron chi connectivity index (χ3n) is 2.39. The van der Waals surface area contributed by atoms with E-state index in [1.807, 2.05) is 0 Å². The number of β-lactam (4-membered cyclic amide) rings is 1. The number of rotatable bonds is 2. The molecule has 2 aliphatic rings. The van der Waals surface area contributed by atoms with Gasteiger partial charge < -0.3 is 9.84 Å². The first-order valence-corrected chi connectivity index (χ1v) is 4.59. The number of carbonyl (C=O) groups is 3. The minimum absolute atomic E-state index is 0.0157. The van der Waals surface area contributed by atoms with Crippen LogP contribution in [0.4, 0.5) is 0 Å². The van der Waals surface area contributed by atoms with Gasteiger partial charge in [0.25, 0.3) is 0 Å². The first kappa shape index (κ1) is 11.0. The molecule has 2 saturated heterocycles. The van der Waals surface area contributed by atoms with Gasteiger partial charge in [-0.05, 0) is 0 Å². The zero-order valence-corrected chi connectivity index (χ0v) is 8.12. The zero-order chi connectivity index (χ0) is 11.7. The summed E-state index contributed by atoms with van der Waals surface area (Å²) in [6.45, 7) is -0.0157. The molecule has 16 heavy (non-hydrogen) atoms. The number of carboxylic acid groups (broad SMARTS) is 1. The van der Waals surface area contributed by atoms with Gasteiger partial charge in [0, 0.05) is 12.8 Å². The predicted octanol–water partition coefficient (Wildman–Crippen LogP) is -1.15. The highest BCUT2D eigenvalue weighted by Crippen LogP contribution is 2.26. The molecule has 2 aliphatic heterocycles. The third-order valence-corrected chi connectivity index (χ3v) is 2.39. The van der Waals surface area contributed by atoms with Crippen molar-refractivity contribution in [2.45, 2.75) is 25.2 Å². The normalized spacial score (nSPS) is 29.0. The Kier molecular flexibility index (Phi) is 2.86. The highest BCUT2D eigenvalue weighted by atomic mass is 17.3. The lowest BCUT2D eigenvalue weighted by Crippen LogP contribution is -2.58. The van der Waals surface area contributed by atoms with Gasteiger partial charge in [-0.3, -0.25) is 14.5 Å². The second-order valence-electron chi connectivity index (χ2n) is 3.40. The van der Waals surface area contributed by atoms with Crippen LogP contribution < -0.4 is 0 Å². The van der Waals surface area contributed by atoms with Crippen LogP contribution >= 0.6 is 0 Å². The van der Waals surface area contributed by atoms with Gasteiger partial charge in [-0.2, -0.15) is 0 Å². The van der Waals surface area contributed by atoms with E-state index in [1.165, 1.54) is 0 Å². The Labute approximate surface area is 89.6 Å². The number of carboxylic acids is 1. The number of hydrogen-bond donors (Lipinski definition) is 1. The van der Waals surface area contributed by atoms with Gasteiger partial charge >= 0.3 is 11.9 Å². The van der Waals surface area contributed by atoms with Crippen molar-refractivity contribution in [3.05, 3.63) is 0 Å². The standard InChI is InChI=1S/C8H9NO7/c10-5-1-4(2-6-14-3-15-16-6)9(5)7(11)8(12)13/h4,6H,1-3H2,(H,12,13)/t4-,6?/m0/s1. The number of amides is 2. The van der Waals surface area contributed by atoms with E-state index in [1.54, 1.807) is 0 Å². The number of likely N-dealkylation sites (tertiary alicyclic amines) is 1. The maximum Gasteiger partial charge on any atom is 0.395 e. The van der Waals surface area contributed by atoms with Crippen LogP contribution in [-0.4, -0.2) is 46.9 Å². The molecule has 88 valence electrons. The molecule has 0 aromatic rings. The Morgan fingerprint density at radius 3 is 2.75 bits per heavy atom. The van der Waals surface area contributed by atoms with E-state index >= 15 is 0 Å². The van der Waals surface area contributed by atoms with Gasteiger partial charge in [0.2, 0.25) is 5.91 Å². The molecule has 8 nitrogen and oxygen atoms in total. The molecule has 1 N–H and O–H groups in total. The first-order chi connectivity index (χ1) is 7.59. The molecule has 0 saturated carbocycles. The van der Waals surface area contributed by atoms with E-state index in [0.717, 1.165) is 0 Å². The monoisotopic (exact) mass is 231 g/mol. The molecule has 2 fully saturated rings. The van der Waals surface area contributed by atoms with Crippen LogP contribution in [0.1, 0.15) is 12.8 Å². The van der Waals surface area contributed by atoms with Crippen LogP contribution in [0.3, 0.4) is 0 Å². The highest BCUT2D eigenvalue weighted by Gasteiger charge is 2.45. The molecular weight excluding hydrogens is 222 g/mol. The molecule has 0 aromatic carbocycles. The number of nitrogens with zero attached hydrogens (tertiary/aromatic N) is 1. The van der Waals surface area contributed by atoms with Crippen molar-refractivity contribution < 1.29 is 34.0 Å². The van der Waals surface area contributed by atoms with Crippen LogP contribution in [0.25, 0.3) is 0 Å². The van der Waals surface area contributed by atoms with Gasteiger partial charge in [0.15, 0.2) is 13.1 Å². The summed E-state index contributed by atoms with van der Waals surface area (Å²) in [4.78, 5) is 42.5. The van der Waals surface area contributed by atoms with E-state index in [9.17, 15) is 14.4 Å². The molecule has 0 radical (unpaired) electrons. The average molecular weight is 231 g/mol. The Balaban J connectivity index is 1.93. The SMILES string of the molecule is O=C(O)C(=O)N1C(=O)C[C@H]1CC1OCOO1. The number of carbonyl (C=O) groups excluding carboxylic acids is 2. The molecule has 0 bridgehead atoms. The topological polar surface area (TPSA) is 102 Å². The van der Waals surface area contributed by atoms with Gasteiger partial charge in [-0.1, -0.05) is 0 Å². The van der Waals surface area contributed by atoms with E-state index in [4.69, 9.17) is 9.84 Å². The highest BCUT2D eigenvalue weighted by molar-refractivity contribution is 6.35. The quantitative estimate of drug-likeness (QED) is 0.363. The number of imide groups is 1. The minimum atomic E-state index is -1.65. The van der Waals surface area contributed by atoms with Crippen molar-refractivity contribution in [3.63, 3.8) is 0 Å². The maximum atomic E-state index is 11.1. The second-order valence-corrected chi connectivity index (χ2v) is 3.40. The molecule has 1 unspecified atom stereocenters. The lowest BCUT2D eigenvalue weighted by molar-refractivity contribution is -0.280. The average Bonchev–Trinajstić information content (AvgIpc) is 2.69. The number of aliphatic carboxylic acids is 1. The van der Waals surface area contributed by atoms with Crippen LogP contribution in [0.15, 0.2) is 0 Å². The van der Waals surface area contributed by atoms with Crippen molar-refractivity contribution in [1.82, 2.24) is 4.90 Å². The molecule has 2 amide bonds. The maximum absolute atomic E-state index is 11.1. The van der Waals surface area contributed by atoms with Crippen LogP contribution in [-0.2, 0) is 28.9 Å². The van der Waals surface area contributed by atoms with Crippen molar-refractivity contribution in [2.24, 2.45) is 0 Å². The fourth-order valence-electron chi connectivity index (χ4n) is 1.62. The summed E-state index contributed by atoms with van der Waals surface area (Å²) in [5.74, 6) is -3.38. The van der Waals surface area contributed by atoms with Gasteiger partial charge in [0.1, 0.15) is 0 Å². The lowest BCUT2D eigenvalue weighted by atomic mass is 9.98. The van der Waals surface area contributed by atoms with E-state index < -0.39 is 30.1 Å². The molecule has 0 spiro atoms. The summed E-state index contributed by atoms with van der Waals surface area (Å²) in [5, 5.41) is 8.48. The van der Waals surface area contributed by atoms with Gasteiger partial charge in [-0.15, -0.1) is 0 Å². The van der Waals surface area contributed by atoms with Crippen molar-refractivity contribution in [1.29, 1.82) is 0 Å². The van der Waals surface area contributed by atoms with E-state index in [0.29, 0.717) is 4.90 Å². The van der Waals surface area contributed by atoms with Crippen LogP contribution in [0, 0.1) is 0 Å². The van der Waals surface area contributed by atoms with Crippen LogP contribution in [0.5, 0.6) is 0 Å². The molecule has 0 aliphatic carbocycles. The first-order valence-electron chi connectivity index (χ1n) is 4.59. The number of hydrogen-bond acceptors (Lipinski definition) is 6. The van der Waals surface area contributed by atoms with Crippen LogP contribution in [0.2, 0.25) is 0 Å². The zero-order valence-electron chi connectivity index (χ0n) is 8.12. The summed E-state index contributed by atoms with van der Waals surface area (Å²) in [5.41, 5.74) is 0. The molecule has 2 rings (SSSR count). The molecular formula is C8H9NO7. The Bertz CT molecular complexity index is 335. The van der Waals surface area contributed by atoms with Crippen molar-refractivity contribution in [2.75, 3.05) is 6.79 Å². The Morgan fingerprint density at radius 2 is 2.25 bits per heavy atom. The Morgan fingerprint density at radius 1 is 1.50 bits per heavy atom. The summed E-state index contributed by atoms with van der Waals surface area (Å²) in [6.07, 6.45) is -0.338. The molecule has 0 aromatic heterocycles. The van der Waals surface area contributed by atoms with E-state index in [-0.39, 0.29) is 19.6 Å².